The van der Waals surface area contributed by atoms with Gasteiger partial charge in [0.05, 0.1) is 5.56 Å². The SMILES string of the molecule is CS(=O)(=O)c1c(F)cc(C2=CCC=C2c2cccc(C(F)(F)F)c2)cc1F. The maximum absolute atomic E-state index is 14.2. The molecule has 8 heteroatoms. The summed E-state index contributed by atoms with van der Waals surface area (Å²) in [6, 6.07) is 6.36. The number of rotatable bonds is 3. The van der Waals surface area contributed by atoms with Crippen LogP contribution < -0.4 is 0 Å². The van der Waals surface area contributed by atoms with Crippen molar-refractivity contribution in [3.05, 3.63) is 76.9 Å². The highest BCUT2D eigenvalue weighted by Gasteiger charge is 2.31. The fraction of sp³-hybridized carbons (Fsp3) is 0.158. The molecule has 3 rings (SSSR count). The molecule has 0 fully saturated rings. The maximum Gasteiger partial charge on any atom is 0.416 e. The van der Waals surface area contributed by atoms with Gasteiger partial charge in [0, 0.05) is 6.26 Å². The van der Waals surface area contributed by atoms with Gasteiger partial charge in [-0.15, -0.1) is 0 Å². The highest BCUT2D eigenvalue weighted by molar-refractivity contribution is 7.90. The van der Waals surface area contributed by atoms with E-state index in [-0.39, 0.29) is 11.1 Å². The second-order valence-electron chi connectivity index (χ2n) is 6.09. The van der Waals surface area contributed by atoms with Gasteiger partial charge in [0.25, 0.3) is 0 Å². The Morgan fingerprint density at radius 3 is 1.96 bits per heavy atom. The Kier molecular flexibility index (Phi) is 4.71. The van der Waals surface area contributed by atoms with Crippen molar-refractivity contribution in [2.45, 2.75) is 17.5 Å². The molecule has 2 aromatic rings. The monoisotopic (exact) mass is 400 g/mol. The fourth-order valence-corrected chi connectivity index (χ4v) is 3.82. The third-order valence-corrected chi connectivity index (χ3v) is 5.25. The van der Waals surface area contributed by atoms with Crippen molar-refractivity contribution in [2.24, 2.45) is 0 Å². The van der Waals surface area contributed by atoms with Crippen molar-refractivity contribution >= 4 is 21.0 Å². The fourth-order valence-electron chi connectivity index (χ4n) is 2.99. The number of halogens is 5. The molecule has 1 aliphatic rings. The summed E-state index contributed by atoms with van der Waals surface area (Å²) in [5.74, 6) is -2.49. The molecule has 0 amide bonds. The minimum atomic E-state index is -4.52. The molecule has 0 saturated heterocycles. The number of sulfone groups is 1. The van der Waals surface area contributed by atoms with Gasteiger partial charge in [0.15, 0.2) is 9.84 Å². The normalized spacial score (nSPS) is 14.9. The van der Waals surface area contributed by atoms with Gasteiger partial charge >= 0.3 is 6.18 Å². The molecular weight excluding hydrogens is 387 g/mol. The van der Waals surface area contributed by atoms with Crippen LogP contribution >= 0.6 is 0 Å². The first-order valence-corrected chi connectivity index (χ1v) is 9.65. The predicted molar refractivity (Wildman–Crippen MR) is 91.5 cm³/mol. The van der Waals surface area contributed by atoms with Crippen LogP contribution in [0.3, 0.4) is 0 Å². The largest absolute Gasteiger partial charge is 0.416 e. The van der Waals surface area contributed by atoms with Crippen LogP contribution in [-0.2, 0) is 16.0 Å². The topological polar surface area (TPSA) is 34.1 Å². The molecule has 2 nitrogen and oxygen atoms in total. The molecule has 27 heavy (non-hydrogen) atoms. The molecule has 0 aliphatic heterocycles. The summed E-state index contributed by atoms with van der Waals surface area (Å²) in [4.78, 5) is -1.03. The van der Waals surface area contributed by atoms with Crippen molar-refractivity contribution in [1.29, 1.82) is 0 Å². The molecule has 0 atom stereocenters. The first-order valence-electron chi connectivity index (χ1n) is 7.76. The average Bonchev–Trinajstić information content (AvgIpc) is 3.01. The van der Waals surface area contributed by atoms with Crippen molar-refractivity contribution in [2.75, 3.05) is 6.26 Å². The number of allylic oxidation sites excluding steroid dienone is 4. The predicted octanol–water partition coefficient (Wildman–Crippen LogP) is 5.26. The molecule has 0 radical (unpaired) electrons. The van der Waals surface area contributed by atoms with Crippen molar-refractivity contribution in [3.8, 4) is 0 Å². The Bertz CT molecular complexity index is 1060. The van der Waals surface area contributed by atoms with E-state index in [2.05, 4.69) is 0 Å². The Balaban J connectivity index is 2.06. The Morgan fingerprint density at radius 2 is 1.44 bits per heavy atom. The number of hydrogen-bond donors (Lipinski definition) is 0. The van der Waals surface area contributed by atoms with Gasteiger partial charge in [-0.3, -0.25) is 0 Å². The van der Waals surface area contributed by atoms with Gasteiger partial charge in [-0.2, -0.15) is 13.2 Å². The lowest BCUT2D eigenvalue weighted by Crippen LogP contribution is -2.06. The molecule has 0 N–H and O–H groups in total. The van der Waals surface area contributed by atoms with E-state index in [1.807, 2.05) is 0 Å². The average molecular weight is 400 g/mol. The third kappa shape index (κ3) is 3.80. The van der Waals surface area contributed by atoms with E-state index in [0.29, 0.717) is 23.8 Å². The van der Waals surface area contributed by atoms with E-state index in [1.54, 1.807) is 12.2 Å². The van der Waals surface area contributed by atoms with Gasteiger partial charge in [-0.05, 0) is 53.0 Å². The second kappa shape index (κ2) is 6.60. The summed E-state index contributed by atoms with van der Waals surface area (Å²) in [5, 5.41) is 0. The Morgan fingerprint density at radius 1 is 0.889 bits per heavy atom. The van der Waals surface area contributed by atoms with E-state index in [4.69, 9.17) is 0 Å². The minimum absolute atomic E-state index is 0.0542. The zero-order valence-electron chi connectivity index (χ0n) is 13.9. The zero-order valence-corrected chi connectivity index (χ0v) is 14.8. The van der Waals surface area contributed by atoms with Crippen LogP contribution in [0, 0.1) is 11.6 Å². The molecule has 0 heterocycles. The highest BCUT2D eigenvalue weighted by atomic mass is 32.2. The summed E-state index contributed by atoms with van der Waals surface area (Å²) >= 11 is 0. The lowest BCUT2D eigenvalue weighted by molar-refractivity contribution is -0.137. The standard InChI is InChI=1S/C19H13F5O2S/c1-27(25,26)18-16(20)9-12(10-17(18)21)15-7-3-6-14(15)11-4-2-5-13(8-11)19(22,23)24/h2,4-10H,3H2,1H3. The Hall–Kier alpha value is -2.48. The van der Waals surface area contributed by atoms with Crippen molar-refractivity contribution < 1.29 is 30.4 Å². The van der Waals surface area contributed by atoms with Crippen LogP contribution in [0.5, 0.6) is 0 Å². The summed E-state index contributed by atoms with van der Waals surface area (Å²) in [6.07, 6.45) is -0.196. The molecule has 0 unspecified atom stereocenters. The van der Waals surface area contributed by atoms with E-state index in [0.717, 1.165) is 24.3 Å². The number of alkyl halides is 3. The summed E-state index contributed by atoms with van der Waals surface area (Å²) in [6.45, 7) is 0. The Labute approximate surface area is 152 Å². The molecule has 142 valence electrons. The second-order valence-corrected chi connectivity index (χ2v) is 8.04. The van der Waals surface area contributed by atoms with Gasteiger partial charge in [-0.25, -0.2) is 17.2 Å². The van der Waals surface area contributed by atoms with Gasteiger partial charge in [0.1, 0.15) is 16.5 Å². The van der Waals surface area contributed by atoms with E-state index >= 15 is 0 Å². The lowest BCUT2D eigenvalue weighted by atomic mass is 9.94. The van der Waals surface area contributed by atoms with Crippen LogP contribution in [0.25, 0.3) is 11.1 Å². The molecule has 2 aromatic carbocycles. The first kappa shape index (κ1) is 19.3. The highest BCUT2D eigenvalue weighted by Crippen LogP contribution is 2.39. The zero-order chi connectivity index (χ0) is 20.0. The van der Waals surface area contributed by atoms with Gasteiger partial charge < -0.3 is 0 Å². The van der Waals surface area contributed by atoms with Crippen LogP contribution in [-0.4, -0.2) is 14.7 Å². The number of hydrogen-bond acceptors (Lipinski definition) is 2. The smallest absolute Gasteiger partial charge is 0.224 e. The molecule has 0 spiro atoms. The molecular formula is C19H13F5O2S. The van der Waals surface area contributed by atoms with Crippen LogP contribution in [0.4, 0.5) is 22.0 Å². The quantitative estimate of drug-likeness (QED) is 0.659. The minimum Gasteiger partial charge on any atom is -0.224 e. The van der Waals surface area contributed by atoms with Crippen LogP contribution in [0.2, 0.25) is 0 Å². The van der Waals surface area contributed by atoms with Crippen LogP contribution in [0.15, 0.2) is 53.4 Å². The maximum atomic E-state index is 14.2. The van der Waals surface area contributed by atoms with Crippen molar-refractivity contribution in [1.82, 2.24) is 0 Å². The van der Waals surface area contributed by atoms with E-state index in [9.17, 15) is 30.4 Å². The molecule has 0 aromatic heterocycles. The summed E-state index contributed by atoms with van der Waals surface area (Å²) in [7, 11) is -4.10. The third-order valence-electron chi connectivity index (χ3n) is 4.12. The molecule has 0 bridgehead atoms. The lowest BCUT2D eigenvalue weighted by Gasteiger charge is -2.14. The summed E-state index contributed by atoms with van der Waals surface area (Å²) < 4.78 is 90.3. The summed E-state index contributed by atoms with van der Waals surface area (Å²) in [5.41, 5.74) is 0.205. The first-order chi connectivity index (χ1) is 12.5. The number of benzene rings is 2. The van der Waals surface area contributed by atoms with Crippen molar-refractivity contribution in [3.63, 3.8) is 0 Å². The molecule has 1 aliphatic carbocycles. The van der Waals surface area contributed by atoms with E-state index < -0.39 is 38.1 Å². The van der Waals surface area contributed by atoms with Gasteiger partial charge in [-0.1, -0.05) is 24.3 Å². The van der Waals surface area contributed by atoms with Crippen LogP contribution in [0.1, 0.15) is 23.1 Å². The van der Waals surface area contributed by atoms with E-state index in [1.165, 1.54) is 12.1 Å². The van der Waals surface area contributed by atoms with Gasteiger partial charge in [0.2, 0.25) is 0 Å². The molecule has 0 saturated carbocycles.